The summed E-state index contributed by atoms with van der Waals surface area (Å²) >= 11 is 0.368. The maximum Gasteiger partial charge on any atom is 0.289 e. The smallest absolute Gasteiger partial charge is 0.289 e. The lowest BCUT2D eigenvalue weighted by Gasteiger charge is -2.08. The molecule has 0 atom stereocenters. The zero-order valence-electron chi connectivity index (χ0n) is 13.9. The Bertz CT molecular complexity index is 867. The predicted octanol–water partition coefficient (Wildman–Crippen LogP) is 4.42. The van der Waals surface area contributed by atoms with Gasteiger partial charge in [0.2, 0.25) is 0 Å². The molecule has 25 heavy (non-hydrogen) atoms. The number of nitrogens with zero attached hydrogens (tertiary/aromatic N) is 2. The Kier molecular flexibility index (Phi) is 5.99. The number of aromatic nitrogens is 1. The maximum absolute atomic E-state index is 12.5. The molecular weight excluding hydrogens is 346 g/mol. The number of thioether (sulfide) groups is 1. The number of carbonyl (C=O) groups is 1. The monoisotopic (exact) mass is 362 g/mol. The van der Waals surface area contributed by atoms with Gasteiger partial charge in [-0.2, -0.15) is 14.0 Å². The SMILES string of the molecule is COc1cc(C(=O)/C=C/c2cc(C#N)n(C)c2C)ccc1SC(F)F. The summed E-state index contributed by atoms with van der Waals surface area (Å²) in [6, 6.07) is 8.14. The van der Waals surface area contributed by atoms with Crippen LogP contribution in [0.3, 0.4) is 0 Å². The molecule has 0 aliphatic rings. The van der Waals surface area contributed by atoms with Gasteiger partial charge >= 0.3 is 0 Å². The van der Waals surface area contributed by atoms with Crippen molar-refractivity contribution in [3.05, 3.63) is 52.9 Å². The molecule has 0 spiro atoms. The zero-order valence-corrected chi connectivity index (χ0v) is 14.7. The average molecular weight is 362 g/mol. The van der Waals surface area contributed by atoms with E-state index in [1.54, 1.807) is 23.8 Å². The normalized spacial score (nSPS) is 11.1. The second-order valence-corrected chi connectivity index (χ2v) is 6.21. The number of hydrogen-bond donors (Lipinski definition) is 0. The van der Waals surface area contributed by atoms with Crippen molar-refractivity contribution in [2.24, 2.45) is 7.05 Å². The fourth-order valence-corrected chi connectivity index (χ4v) is 2.87. The molecule has 0 aliphatic heterocycles. The van der Waals surface area contributed by atoms with E-state index in [1.807, 2.05) is 6.92 Å². The number of alkyl halides is 2. The van der Waals surface area contributed by atoms with Crippen LogP contribution in [0.15, 0.2) is 35.2 Å². The number of hydrogen-bond acceptors (Lipinski definition) is 4. The highest BCUT2D eigenvalue weighted by atomic mass is 32.2. The molecule has 0 saturated carbocycles. The summed E-state index contributed by atoms with van der Waals surface area (Å²) in [6.45, 7) is 1.85. The Hall–Kier alpha value is -2.59. The lowest BCUT2D eigenvalue weighted by atomic mass is 10.1. The van der Waals surface area contributed by atoms with Crippen molar-refractivity contribution in [3.8, 4) is 11.8 Å². The van der Waals surface area contributed by atoms with Crippen LogP contribution in [0.2, 0.25) is 0 Å². The number of benzene rings is 1. The van der Waals surface area contributed by atoms with Crippen LogP contribution < -0.4 is 4.74 Å². The molecular formula is C18H16F2N2O2S. The van der Waals surface area contributed by atoms with E-state index in [0.717, 1.165) is 11.3 Å². The number of allylic oxidation sites excluding steroid dienone is 1. The van der Waals surface area contributed by atoms with Crippen LogP contribution in [-0.4, -0.2) is 23.2 Å². The summed E-state index contributed by atoms with van der Waals surface area (Å²) in [5.74, 6) is -2.62. The van der Waals surface area contributed by atoms with Crippen molar-refractivity contribution in [2.75, 3.05) is 7.11 Å². The molecule has 0 aliphatic carbocycles. The van der Waals surface area contributed by atoms with Gasteiger partial charge in [0.1, 0.15) is 17.5 Å². The van der Waals surface area contributed by atoms with Crippen LogP contribution in [0.4, 0.5) is 8.78 Å². The number of carbonyl (C=O) groups excluding carboxylic acids is 1. The molecule has 1 heterocycles. The third-order valence-electron chi connectivity index (χ3n) is 3.77. The highest BCUT2D eigenvalue weighted by Gasteiger charge is 2.13. The van der Waals surface area contributed by atoms with Gasteiger partial charge in [-0.1, -0.05) is 11.8 Å². The molecule has 7 heteroatoms. The number of halogens is 2. The van der Waals surface area contributed by atoms with Gasteiger partial charge in [0.15, 0.2) is 5.78 Å². The first kappa shape index (κ1) is 18.7. The van der Waals surface area contributed by atoms with E-state index in [9.17, 15) is 13.6 Å². The summed E-state index contributed by atoms with van der Waals surface area (Å²) in [7, 11) is 3.14. The van der Waals surface area contributed by atoms with Gasteiger partial charge in [-0.15, -0.1) is 0 Å². The van der Waals surface area contributed by atoms with Gasteiger partial charge in [0, 0.05) is 18.3 Å². The van der Waals surface area contributed by atoms with Gasteiger partial charge in [-0.05, 0) is 48.9 Å². The minimum Gasteiger partial charge on any atom is -0.496 e. The summed E-state index contributed by atoms with van der Waals surface area (Å²) in [4.78, 5) is 12.6. The van der Waals surface area contributed by atoms with Crippen molar-refractivity contribution in [1.82, 2.24) is 4.57 Å². The molecule has 0 fully saturated rings. The minimum absolute atomic E-state index is 0.229. The Morgan fingerprint density at radius 1 is 1.40 bits per heavy atom. The lowest BCUT2D eigenvalue weighted by Crippen LogP contribution is -1.97. The molecule has 2 rings (SSSR count). The van der Waals surface area contributed by atoms with E-state index in [0.29, 0.717) is 23.0 Å². The molecule has 130 valence electrons. The molecule has 1 aromatic carbocycles. The Labute approximate surface area is 148 Å². The number of rotatable bonds is 6. The van der Waals surface area contributed by atoms with E-state index >= 15 is 0 Å². The quantitative estimate of drug-likeness (QED) is 0.433. The van der Waals surface area contributed by atoms with Crippen LogP contribution >= 0.6 is 11.8 Å². The number of nitriles is 1. The zero-order chi connectivity index (χ0) is 18.6. The third kappa shape index (κ3) is 4.28. The van der Waals surface area contributed by atoms with Gasteiger partial charge in [-0.3, -0.25) is 4.79 Å². The Morgan fingerprint density at radius 3 is 2.68 bits per heavy atom. The van der Waals surface area contributed by atoms with Crippen LogP contribution in [0.1, 0.15) is 27.3 Å². The van der Waals surface area contributed by atoms with Crippen molar-refractivity contribution in [2.45, 2.75) is 17.6 Å². The summed E-state index contributed by atoms with van der Waals surface area (Å²) in [5.41, 5.74) is 2.46. The Balaban J connectivity index is 2.25. The molecule has 0 bridgehead atoms. The molecule has 0 amide bonds. The van der Waals surface area contributed by atoms with Crippen LogP contribution in [0.5, 0.6) is 5.75 Å². The van der Waals surface area contributed by atoms with E-state index < -0.39 is 5.76 Å². The first-order valence-electron chi connectivity index (χ1n) is 7.29. The van der Waals surface area contributed by atoms with Crippen molar-refractivity contribution in [1.29, 1.82) is 5.26 Å². The Morgan fingerprint density at radius 2 is 2.12 bits per heavy atom. The summed E-state index contributed by atoms with van der Waals surface area (Å²) in [5, 5.41) is 9.03. The number of methoxy groups -OCH3 is 1. The van der Waals surface area contributed by atoms with Gasteiger partial charge in [0.25, 0.3) is 5.76 Å². The van der Waals surface area contributed by atoms with Crippen molar-refractivity contribution >= 4 is 23.6 Å². The van der Waals surface area contributed by atoms with Crippen molar-refractivity contribution < 1.29 is 18.3 Å². The maximum atomic E-state index is 12.5. The highest BCUT2D eigenvalue weighted by Crippen LogP contribution is 2.34. The van der Waals surface area contributed by atoms with Crippen LogP contribution in [0.25, 0.3) is 6.08 Å². The standard InChI is InChI=1S/C18H16F2N2O2S/c1-11-12(8-14(10-21)22(11)2)4-6-15(23)13-5-7-17(25-18(19)20)16(9-13)24-3/h4-9,18H,1-3H3/b6-4+. The van der Waals surface area contributed by atoms with Gasteiger partial charge < -0.3 is 9.30 Å². The summed E-state index contributed by atoms with van der Waals surface area (Å²) in [6.07, 6.45) is 3.02. The van der Waals surface area contributed by atoms with Gasteiger partial charge in [-0.25, -0.2) is 0 Å². The second-order valence-electron chi connectivity index (χ2n) is 5.18. The average Bonchev–Trinajstić information content (AvgIpc) is 2.87. The van der Waals surface area contributed by atoms with E-state index in [2.05, 4.69) is 6.07 Å². The van der Waals surface area contributed by atoms with E-state index in [1.165, 1.54) is 31.4 Å². The minimum atomic E-state index is -2.56. The van der Waals surface area contributed by atoms with Crippen LogP contribution in [0, 0.1) is 18.3 Å². The fraction of sp³-hybridized carbons (Fsp3) is 0.222. The number of ketones is 1. The topological polar surface area (TPSA) is 55.0 Å². The van der Waals surface area contributed by atoms with Crippen LogP contribution in [-0.2, 0) is 7.05 Å². The van der Waals surface area contributed by atoms with E-state index in [4.69, 9.17) is 10.00 Å². The molecule has 1 aromatic heterocycles. The molecule has 0 radical (unpaired) electrons. The van der Waals surface area contributed by atoms with Gasteiger partial charge in [0.05, 0.1) is 12.0 Å². The first-order chi connectivity index (χ1) is 11.9. The van der Waals surface area contributed by atoms with Crippen molar-refractivity contribution in [3.63, 3.8) is 0 Å². The molecule has 4 nitrogen and oxygen atoms in total. The molecule has 2 aromatic rings. The molecule has 0 saturated heterocycles. The highest BCUT2D eigenvalue weighted by molar-refractivity contribution is 7.99. The largest absolute Gasteiger partial charge is 0.496 e. The second kappa shape index (κ2) is 7.99. The third-order valence-corrected chi connectivity index (χ3v) is 4.54. The molecule has 0 unspecified atom stereocenters. The first-order valence-corrected chi connectivity index (χ1v) is 8.17. The fourth-order valence-electron chi connectivity index (χ4n) is 2.27. The molecule has 0 N–H and O–H groups in total. The summed E-state index contributed by atoms with van der Waals surface area (Å²) < 4.78 is 31.8. The predicted molar refractivity (Wildman–Crippen MR) is 93.1 cm³/mol. The number of ether oxygens (including phenoxy) is 1. The lowest BCUT2D eigenvalue weighted by molar-refractivity contribution is 0.104. The van der Waals surface area contributed by atoms with E-state index in [-0.39, 0.29) is 16.4 Å².